The number of aliphatic imine (C=N–C) groups is 1. The lowest BCUT2D eigenvalue weighted by molar-refractivity contribution is 0.167. The number of rotatable bonds is 5. The molecule has 5 nitrogen and oxygen atoms in total. The number of carbonyl (C=O) groups excluding carboxylic acids is 2. The molecule has 0 bridgehead atoms. The first-order valence-electron chi connectivity index (χ1n) is 6.44. The van der Waals surface area contributed by atoms with E-state index in [9.17, 15) is 9.59 Å². The SMILES string of the molecule is Cc1cc(NC(=O)OCC[Si](C)(C)C)ccc1N=C=O. The van der Waals surface area contributed by atoms with Gasteiger partial charge >= 0.3 is 6.09 Å². The minimum absolute atomic E-state index is 0.439. The fraction of sp³-hybridized carbons (Fsp3) is 0.429. The third-order valence-electron chi connectivity index (χ3n) is 2.69. The zero-order valence-electron chi connectivity index (χ0n) is 12.3. The molecule has 0 aliphatic heterocycles. The van der Waals surface area contributed by atoms with Crippen molar-refractivity contribution < 1.29 is 14.3 Å². The molecule has 0 saturated heterocycles. The Morgan fingerprint density at radius 1 is 1.40 bits per heavy atom. The maximum atomic E-state index is 11.6. The first-order chi connectivity index (χ1) is 9.31. The van der Waals surface area contributed by atoms with Crippen molar-refractivity contribution in [1.82, 2.24) is 0 Å². The van der Waals surface area contributed by atoms with Crippen LogP contribution in [0.5, 0.6) is 0 Å². The number of ether oxygens (including phenoxy) is 1. The van der Waals surface area contributed by atoms with Gasteiger partial charge in [0, 0.05) is 13.8 Å². The number of hydrogen-bond donors (Lipinski definition) is 1. The number of benzene rings is 1. The summed E-state index contributed by atoms with van der Waals surface area (Å²) in [5.41, 5.74) is 1.94. The number of isocyanates is 1. The largest absolute Gasteiger partial charge is 0.450 e. The van der Waals surface area contributed by atoms with Crippen LogP contribution < -0.4 is 5.32 Å². The lowest BCUT2D eigenvalue weighted by Gasteiger charge is -2.15. The van der Waals surface area contributed by atoms with E-state index in [2.05, 4.69) is 30.0 Å². The standard InChI is InChI=1S/C14H20N2O3Si/c1-11-9-12(5-6-13(11)15-10-17)16-14(18)19-7-8-20(2,3)4/h5-6,9H,7-8H2,1-4H3,(H,16,18). The van der Waals surface area contributed by atoms with Crippen molar-refractivity contribution >= 4 is 31.6 Å². The molecule has 1 aromatic rings. The summed E-state index contributed by atoms with van der Waals surface area (Å²) in [6.07, 6.45) is 1.03. The molecule has 0 aliphatic rings. The maximum absolute atomic E-state index is 11.6. The normalized spacial score (nSPS) is 10.6. The van der Waals surface area contributed by atoms with Gasteiger partial charge in [0.25, 0.3) is 0 Å². The number of carbonyl (C=O) groups is 1. The molecule has 1 rings (SSSR count). The van der Waals surface area contributed by atoms with Crippen LogP contribution in [0.4, 0.5) is 16.2 Å². The van der Waals surface area contributed by atoms with Crippen molar-refractivity contribution in [3.05, 3.63) is 23.8 Å². The van der Waals surface area contributed by atoms with Crippen molar-refractivity contribution in [3.63, 3.8) is 0 Å². The number of nitrogens with one attached hydrogen (secondary N) is 1. The first-order valence-corrected chi connectivity index (χ1v) is 10.1. The smallest absolute Gasteiger partial charge is 0.411 e. The van der Waals surface area contributed by atoms with Crippen LogP contribution in [-0.2, 0) is 9.53 Å². The minimum Gasteiger partial charge on any atom is -0.450 e. The topological polar surface area (TPSA) is 67.8 Å². The second-order valence-corrected chi connectivity index (χ2v) is 11.4. The van der Waals surface area contributed by atoms with Gasteiger partial charge in [-0.25, -0.2) is 9.59 Å². The Hall–Kier alpha value is -1.91. The molecule has 0 fully saturated rings. The predicted octanol–water partition coefficient (Wildman–Crippen LogP) is 3.85. The van der Waals surface area contributed by atoms with Crippen molar-refractivity contribution in [2.75, 3.05) is 11.9 Å². The van der Waals surface area contributed by atoms with E-state index < -0.39 is 14.2 Å². The van der Waals surface area contributed by atoms with E-state index in [1.54, 1.807) is 25.1 Å². The maximum Gasteiger partial charge on any atom is 0.411 e. The Labute approximate surface area is 120 Å². The van der Waals surface area contributed by atoms with Crippen LogP contribution in [0.1, 0.15) is 5.56 Å². The van der Waals surface area contributed by atoms with E-state index in [4.69, 9.17) is 4.74 Å². The van der Waals surface area contributed by atoms with Crippen LogP contribution in [0.15, 0.2) is 23.2 Å². The lowest BCUT2D eigenvalue weighted by Crippen LogP contribution is -2.24. The van der Waals surface area contributed by atoms with Gasteiger partial charge in [-0.1, -0.05) is 19.6 Å². The lowest BCUT2D eigenvalue weighted by atomic mass is 10.2. The Kier molecular flexibility index (Phi) is 5.67. The molecule has 1 N–H and O–H groups in total. The third kappa shape index (κ3) is 5.82. The summed E-state index contributed by atoms with van der Waals surface area (Å²) >= 11 is 0. The molecule has 0 heterocycles. The van der Waals surface area contributed by atoms with Gasteiger partial charge in [0.05, 0.1) is 12.3 Å². The average molecular weight is 292 g/mol. The quantitative estimate of drug-likeness (QED) is 0.509. The van der Waals surface area contributed by atoms with Gasteiger partial charge in [-0.2, -0.15) is 4.99 Å². The fourth-order valence-corrected chi connectivity index (χ4v) is 2.23. The Balaban J connectivity index is 2.54. The highest BCUT2D eigenvalue weighted by molar-refractivity contribution is 6.76. The molecule has 0 aliphatic carbocycles. The van der Waals surface area contributed by atoms with Crippen LogP contribution in [-0.4, -0.2) is 26.9 Å². The number of aryl methyl sites for hydroxylation is 1. The van der Waals surface area contributed by atoms with E-state index in [1.165, 1.54) is 6.08 Å². The number of anilines is 1. The van der Waals surface area contributed by atoms with Crippen LogP contribution in [0.3, 0.4) is 0 Å². The van der Waals surface area contributed by atoms with Crippen LogP contribution in [0.25, 0.3) is 0 Å². The molecule has 0 spiro atoms. The van der Waals surface area contributed by atoms with E-state index in [-0.39, 0.29) is 0 Å². The molecule has 20 heavy (non-hydrogen) atoms. The third-order valence-corrected chi connectivity index (χ3v) is 4.40. The minimum atomic E-state index is -1.20. The van der Waals surface area contributed by atoms with Gasteiger partial charge in [-0.3, -0.25) is 5.32 Å². The van der Waals surface area contributed by atoms with Gasteiger partial charge in [-0.05, 0) is 36.7 Å². The summed E-state index contributed by atoms with van der Waals surface area (Å²) in [5, 5.41) is 2.65. The van der Waals surface area contributed by atoms with Gasteiger partial charge in [0.2, 0.25) is 6.08 Å². The highest BCUT2D eigenvalue weighted by atomic mass is 28.3. The van der Waals surface area contributed by atoms with Crippen molar-refractivity contribution in [2.45, 2.75) is 32.6 Å². The predicted molar refractivity (Wildman–Crippen MR) is 82.1 cm³/mol. The molecule has 0 radical (unpaired) electrons. The summed E-state index contributed by atoms with van der Waals surface area (Å²) in [6.45, 7) is 8.92. The zero-order valence-corrected chi connectivity index (χ0v) is 13.3. The number of nitrogens with zero attached hydrogens (tertiary/aromatic N) is 1. The molecule has 0 saturated carbocycles. The van der Waals surface area contributed by atoms with E-state index >= 15 is 0 Å². The average Bonchev–Trinajstić information content (AvgIpc) is 2.31. The van der Waals surface area contributed by atoms with Gasteiger partial charge < -0.3 is 4.74 Å². The molecule has 0 aromatic heterocycles. The van der Waals surface area contributed by atoms with Gasteiger partial charge in [0.1, 0.15) is 0 Å². The highest BCUT2D eigenvalue weighted by Crippen LogP contribution is 2.22. The van der Waals surface area contributed by atoms with E-state index in [0.717, 1.165) is 11.6 Å². The second kappa shape index (κ2) is 7.03. The summed E-state index contributed by atoms with van der Waals surface area (Å²) < 4.78 is 5.14. The molecule has 0 unspecified atom stereocenters. The molecule has 1 amide bonds. The molecule has 108 valence electrons. The molecule has 0 atom stereocenters. The fourth-order valence-electron chi connectivity index (χ4n) is 1.51. The van der Waals surface area contributed by atoms with Crippen LogP contribution in [0.2, 0.25) is 25.7 Å². The van der Waals surface area contributed by atoms with Crippen molar-refractivity contribution in [3.8, 4) is 0 Å². The van der Waals surface area contributed by atoms with Crippen molar-refractivity contribution in [1.29, 1.82) is 0 Å². The molecule has 1 aromatic carbocycles. The molecule has 6 heteroatoms. The van der Waals surface area contributed by atoms with E-state index in [1.807, 2.05) is 0 Å². The van der Waals surface area contributed by atoms with Crippen LogP contribution in [0, 0.1) is 6.92 Å². The summed E-state index contributed by atoms with van der Waals surface area (Å²) in [7, 11) is -1.20. The Morgan fingerprint density at radius 3 is 2.65 bits per heavy atom. The Morgan fingerprint density at radius 2 is 2.10 bits per heavy atom. The molecular weight excluding hydrogens is 272 g/mol. The van der Waals surface area contributed by atoms with Crippen molar-refractivity contribution in [2.24, 2.45) is 4.99 Å². The number of amides is 1. The first kappa shape index (κ1) is 16.1. The van der Waals surface area contributed by atoms with Crippen LogP contribution >= 0.6 is 0 Å². The summed E-state index contributed by atoms with van der Waals surface area (Å²) in [4.78, 5) is 25.4. The second-order valence-electron chi connectivity index (χ2n) is 5.78. The Bertz CT molecular complexity index is 532. The monoisotopic (exact) mass is 292 g/mol. The van der Waals surface area contributed by atoms with E-state index in [0.29, 0.717) is 18.0 Å². The van der Waals surface area contributed by atoms with Gasteiger partial charge in [-0.15, -0.1) is 0 Å². The summed E-state index contributed by atoms with van der Waals surface area (Å²) in [6, 6.07) is 5.99. The highest BCUT2D eigenvalue weighted by Gasteiger charge is 2.14. The molecular formula is C14H20N2O3Si. The number of hydrogen-bond acceptors (Lipinski definition) is 4. The zero-order chi connectivity index (χ0) is 15.2. The van der Waals surface area contributed by atoms with Gasteiger partial charge in [0.15, 0.2) is 0 Å². The summed E-state index contributed by atoms with van der Waals surface area (Å²) in [5.74, 6) is 0.